The van der Waals surface area contributed by atoms with Crippen molar-refractivity contribution in [3.8, 4) is 0 Å². The van der Waals surface area contributed by atoms with Crippen molar-refractivity contribution in [3.05, 3.63) is 35.7 Å². The standard InChI is InChI=1S/C13H20N4O2S2/c1-3-14-7-12-6-13(20-9-12)21(18,19)16-11(2)8-17-5-4-15-10-17/h4-6,9-11,14,16H,3,7-8H2,1-2H3. The van der Waals surface area contributed by atoms with Gasteiger partial charge in [0.15, 0.2) is 0 Å². The van der Waals surface area contributed by atoms with E-state index < -0.39 is 10.0 Å². The normalized spacial score (nSPS) is 13.4. The topological polar surface area (TPSA) is 76.0 Å². The van der Waals surface area contributed by atoms with E-state index in [0.717, 1.165) is 12.1 Å². The first kappa shape index (κ1) is 16.2. The van der Waals surface area contributed by atoms with E-state index in [1.54, 1.807) is 18.6 Å². The second-order valence-corrected chi connectivity index (χ2v) is 7.69. The summed E-state index contributed by atoms with van der Waals surface area (Å²) >= 11 is 1.25. The number of aromatic nitrogens is 2. The summed E-state index contributed by atoms with van der Waals surface area (Å²) in [5, 5.41) is 5.05. The number of imidazole rings is 1. The van der Waals surface area contributed by atoms with Crippen LogP contribution in [0, 0.1) is 0 Å². The van der Waals surface area contributed by atoms with Crippen LogP contribution in [-0.2, 0) is 23.1 Å². The molecular formula is C13H20N4O2S2. The molecule has 2 heterocycles. The fourth-order valence-corrected chi connectivity index (χ4v) is 4.39. The zero-order chi connectivity index (χ0) is 15.3. The Morgan fingerprint density at radius 3 is 2.95 bits per heavy atom. The summed E-state index contributed by atoms with van der Waals surface area (Å²) in [6, 6.07) is 1.52. The predicted molar refractivity (Wildman–Crippen MR) is 83.7 cm³/mol. The van der Waals surface area contributed by atoms with E-state index in [4.69, 9.17) is 0 Å². The molecule has 2 N–H and O–H groups in total. The summed E-state index contributed by atoms with van der Waals surface area (Å²) in [6.45, 7) is 5.95. The van der Waals surface area contributed by atoms with E-state index in [1.165, 1.54) is 11.3 Å². The van der Waals surface area contributed by atoms with E-state index in [2.05, 4.69) is 15.0 Å². The van der Waals surface area contributed by atoms with Crippen molar-refractivity contribution >= 4 is 21.4 Å². The Morgan fingerprint density at radius 1 is 1.48 bits per heavy atom. The molecule has 1 atom stereocenters. The van der Waals surface area contributed by atoms with Crippen molar-refractivity contribution in [3.63, 3.8) is 0 Å². The van der Waals surface area contributed by atoms with Crippen LogP contribution in [0.3, 0.4) is 0 Å². The summed E-state index contributed by atoms with van der Waals surface area (Å²) in [5.41, 5.74) is 0.990. The number of hydrogen-bond donors (Lipinski definition) is 2. The first-order valence-electron chi connectivity index (χ1n) is 6.77. The van der Waals surface area contributed by atoms with Gasteiger partial charge in [0.05, 0.1) is 6.33 Å². The third-order valence-electron chi connectivity index (χ3n) is 2.87. The molecule has 21 heavy (non-hydrogen) atoms. The summed E-state index contributed by atoms with van der Waals surface area (Å²) in [5.74, 6) is 0. The van der Waals surface area contributed by atoms with Crippen molar-refractivity contribution in [2.45, 2.75) is 37.2 Å². The Kier molecular flexibility index (Phi) is 5.51. The highest BCUT2D eigenvalue weighted by Crippen LogP contribution is 2.20. The van der Waals surface area contributed by atoms with Crippen molar-refractivity contribution in [2.75, 3.05) is 6.54 Å². The first-order valence-corrected chi connectivity index (χ1v) is 9.13. The molecule has 2 aromatic heterocycles. The fourth-order valence-electron chi connectivity index (χ4n) is 1.93. The minimum absolute atomic E-state index is 0.205. The maximum atomic E-state index is 12.3. The lowest BCUT2D eigenvalue weighted by molar-refractivity contribution is 0.521. The highest BCUT2D eigenvalue weighted by Gasteiger charge is 2.19. The lowest BCUT2D eigenvalue weighted by Crippen LogP contribution is -2.35. The molecule has 0 aromatic carbocycles. The van der Waals surface area contributed by atoms with Gasteiger partial charge < -0.3 is 9.88 Å². The summed E-state index contributed by atoms with van der Waals surface area (Å²) < 4.78 is 29.5. The Bertz CT molecular complexity index is 650. The van der Waals surface area contributed by atoms with E-state index >= 15 is 0 Å². The summed E-state index contributed by atoms with van der Waals surface area (Å²) in [7, 11) is -3.46. The molecular weight excluding hydrogens is 308 g/mol. The minimum atomic E-state index is -3.46. The molecule has 0 saturated heterocycles. The number of hydrogen-bond acceptors (Lipinski definition) is 5. The summed E-state index contributed by atoms with van der Waals surface area (Å²) in [4.78, 5) is 3.94. The third-order valence-corrected chi connectivity index (χ3v) is 5.95. The van der Waals surface area contributed by atoms with Gasteiger partial charge >= 0.3 is 0 Å². The van der Waals surface area contributed by atoms with Gasteiger partial charge in [0.2, 0.25) is 10.0 Å². The van der Waals surface area contributed by atoms with Crippen LogP contribution in [0.1, 0.15) is 19.4 Å². The molecule has 8 heteroatoms. The molecule has 0 aliphatic rings. The molecule has 0 bridgehead atoms. The van der Waals surface area contributed by atoms with Gasteiger partial charge in [0.1, 0.15) is 4.21 Å². The Hall–Kier alpha value is -1.22. The number of nitrogens with one attached hydrogen (secondary N) is 2. The molecule has 0 radical (unpaired) electrons. The van der Waals surface area contributed by atoms with Crippen molar-refractivity contribution < 1.29 is 8.42 Å². The molecule has 0 saturated carbocycles. The van der Waals surface area contributed by atoms with E-state index in [9.17, 15) is 8.42 Å². The quantitative estimate of drug-likeness (QED) is 0.768. The molecule has 0 fully saturated rings. The van der Waals surface area contributed by atoms with Gasteiger partial charge in [-0.1, -0.05) is 6.92 Å². The molecule has 1 unspecified atom stereocenters. The predicted octanol–water partition coefficient (Wildman–Crippen LogP) is 1.42. The van der Waals surface area contributed by atoms with Crippen molar-refractivity contribution in [1.82, 2.24) is 19.6 Å². The number of sulfonamides is 1. The first-order chi connectivity index (χ1) is 10.0. The van der Waals surface area contributed by atoms with Crippen LogP contribution < -0.4 is 10.0 Å². The molecule has 0 aliphatic heterocycles. The maximum absolute atomic E-state index is 12.3. The molecule has 0 amide bonds. The van der Waals surface area contributed by atoms with E-state index in [-0.39, 0.29) is 6.04 Å². The highest BCUT2D eigenvalue weighted by atomic mass is 32.2. The average Bonchev–Trinajstić information content (AvgIpc) is 3.06. The van der Waals surface area contributed by atoms with Crippen LogP contribution in [0.2, 0.25) is 0 Å². The third kappa shape index (κ3) is 4.63. The minimum Gasteiger partial charge on any atom is -0.336 e. The van der Waals surface area contributed by atoms with Crippen LogP contribution in [0.4, 0.5) is 0 Å². The zero-order valence-electron chi connectivity index (χ0n) is 12.1. The average molecular weight is 328 g/mol. The van der Waals surface area contributed by atoms with Crippen LogP contribution >= 0.6 is 11.3 Å². The molecule has 2 rings (SSSR count). The van der Waals surface area contributed by atoms with Crippen LogP contribution in [0.25, 0.3) is 0 Å². The van der Waals surface area contributed by atoms with E-state index in [1.807, 2.05) is 30.0 Å². The second-order valence-electron chi connectivity index (χ2n) is 4.84. The zero-order valence-corrected chi connectivity index (χ0v) is 13.7. The highest BCUT2D eigenvalue weighted by molar-refractivity contribution is 7.91. The van der Waals surface area contributed by atoms with E-state index in [0.29, 0.717) is 17.3 Å². The van der Waals surface area contributed by atoms with Gasteiger partial charge in [-0.3, -0.25) is 0 Å². The smallest absolute Gasteiger partial charge is 0.250 e. The largest absolute Gasteiger partial charge is 0.336 e. The van der Waals surface area contributed by atoms with Gasteiger partial charge in [0, 0.05) is 31.5 Å². The van der Waals surface area contributed by atoms with Gasteiger partial charge in [-0.05, 0) is 30.5 Å². The van der Waals surface area contributed by atoms with Crippen LogP contribution in [0.5, 0.6) is 0 Å². The van der Waals surface area contributed by atoms with Gasteiger partial charge in [-0.2, -0.15) is 0 Å². The molecule has 6 nitrogen and oxygen atoms in total. The lowest BCUT2D eigenvalue weighted by atomic mass is 10.3. The van der Waals surface area contributed by atoms with Crippen molar-refractivity contribution in [2.24, 2.45) is 0 Å². The number of nitrogens with zero attached hydrogens (tertiary/aromatic N) is 2. The number of rotatable bonds is 8. The summed E-state index contributed by atoms with van der Waals surface area (Å²) in [6.07, 6.45) is 5.16. The lowest BCUT2D eigenvalue weighted by Gasteiger charge is -2.13. The fraction of sp³-hybridized carbons (Fsp3) is 0.462. The molecule has 2 aromatic rings. The maximum Gasteiger partial charge on any atom is 0.250 e. The van der Waals surface area contributed by atoms with Crippen LogP contribution in [-0.4, -0.2) is 30.6 Å². The van der Waals surface area contributed by atoms with Gasteiger partial charge in [-0.25, -0.2) is 18.1 Å². The molecule has 0 spiro atoms. The second kappa shape index (κ2) is 7.17. The molecule has 0 aliphatic carbocycles. The van der Waals surface area contributed by atoms with Crippen molar-refractivity contribution in [1.29, 1.82) is 0 Å². The SMILES string of the molecule is CCNCc1csc(S(=O)(=O)NC(C)Cn2ccnc2)c1. The Morgan fingerprint density at radius 2 is 2.29 bits per heavy atom. The van der Waals surface area contributed by atoms with Gasteiger partial charge in [0.25, 0.3) is 0 Å². The van der Waals surface area contributed by atoms with Crippen LogP contribution in [0.15, 0.2) is 34.4 Å². The van der Waals surface area contributed by atoms with Gasteiger partial charge in [-0.15, -0.1) is 11.3 Å². The Balaban J connectivity index is 1.98. The monoisotopic (exact) mass is 328 g/mol. The molecule has 116 valence electrons. The Labute approximate surface area is 129 Å². The number of thiophene rings is 1.